The zero-order valence-corrected chi connectivity index (χ0v) is 9.93. The second-order valence-corrected chi connectivity index (χ2v) is 3.73. The van der Waals surface area contributed by atoms with Crippen molar-refractivity contribution >= 4 is 0 Å². The van der Waals surface area contributed by atoms with Gasteiger partial charge in [0.15, 0.2) is 11.5 Å². The third-order valence-electron chi connectivity index (χ3n) is 2.56. The molecule has 0 heterocycles. The molecule has 0 saturated heterocycles. The molecule has 2 aromatic carbocycles. The SMILES string of the molecule is COc1ccccc1OCCc1ccccc1. The predicted molar refractivity (Wildman–Crippen MR) is 68.6 cm³/mol. The van der Waals surface area contributed by atoms with Crippen LogP contribution < -0.4 is 9.47 Å². The van der Waals surface area contributed by atoms with Crippen LogP contribution in [0.25, 0.3) is 0 Å². The average molecular weight is 228 g/mol. The summed E-state index contributed by atoms with van der Waals surface area (Å²) in [6.07, 6.45) is 0.902. The van der Waals surface area contributed by atoms with Crippen molar-refractivity contribution in [3.63, 3.8) is 0 Å². The minimum atomic E-state index is 0.657. The van der Waals surface area contributed by atoms with Gasteiger partial charge in [0.05, 0.1) is 13.7 Å². The van der Waals surface area contributed by atoms with Crippen molar-refractivity contribution in [1.82, 2.24) is 0 Å². The van der Waals surface area contributed by atoms with Gasteiger partial charge < -0.3 is 9.47 Å². The first-order chi connectivity index (χ1) is 8.40. The zero-order chi connectivity index (χ0) is 11.9. The molecule has 0 radical (unpaired) electrons. The van der Waals surface area contributed by atoms with E-state index in [0.717, 1.165) is 17.9 Å². The Balaban J connectivity index is 1.90. The van der Waals surface area contributed by atoms with E-state index in [1.165, 1.54) is 5.56 Å². The van der Waals surface area contributed by atoms with Gasteiger partial charge in [0, 0.05) is 6.42 Å². The van der Waals surface area contributed by atoms with E-state index < -0.39 is 0 Å². The quantitative estimate of drug-likeness (QED) is 0.781. The van der Waals surface area contributed by atoms with Crippen LogP contribution in [0.1, 0.15) is 5.56 Å². The molecule has 0 fully saturated rings. The van der Waals surface area contributed by atoms with Gasteiger partial charge in [-0.2, -0.15) is 0 Å². The van der Waals surface area contributed by atoms with Crippen molar-refractivity contribution in [2.24, 2.45) is 0 Å². The Morgan fingerprint density at radius 2 is 1.47 bits per heavy atom. The van der Waals surface area contributed by atoms with Crippen LogP contribution in [0, 0.1) is 0 Å². The molecule has 0 atom stereocenters. The van der Waals surface area contributed by atoms with Crippen LogP contribution in [0.5, 0.6) is 11.5 Å². The molecule has 2 heteroatoms. The summed E-state index contributed by atoms with van der Waals surface area (Å²) in [5.41, 5.74) is 1.28. The lowest BCUT2D eigenvalue weighted by molar-refractivity contribution is 0.297. The molecule has 0 unspecified atom stereocenters. The number of para-hydroxylation sites is 2. The first-order valence-electron chi connectivity index (χ1n) is 5.70. The summed E-state index contributed by atoms with van der Waals surface area (Å²) in [4.78, 5) is 0. The standard InChI is InChI=1S/C15H16O2/c1-16-14-9-5-6-10-15(14)17-12-11-13-7-3-2-4-8-13/h2-10H,11-12H2,1H3. The Kier molecular flexibility index (Phi) is 4.03. The van der Waals surface area contributed by atoms with Gasteiger partial charge in [-0.3, -0.25) is 0 Å². The minimum Gasteiger partial charge on any atom is -0.493 e. The van der Waals surface area contributed by atoms with E-state index in [4.69, 9.17) is 9.47 Å². The maximum Gasteiger partial charge on any atom is 0.161 e. The van der Waals surface area contributed by atoms with E-state index in [1.54, 1.807) is 7.11 Å². The van der Waals surface area contributed by atoms with E-state index >= 15 is 0 Å². The second-order valence-electron chi connectivity index (χ2n) is 3.73. The molecule has 2 aromatic rings. The predicted octanol–water partition coefficient (Wildman–Crippen LogP) is 3.32. The van der Waals surface area contributed by atoms with Crippen LogP contribution in [0.2, 0.25) is 0 Å². The molecule has 0 aliphatic rings. The van der Waals surface area contributed by atoms with Gasteiger partial charge in [0.1, 0.15) is 0 Å². The number of benzene rings is 2. The van der Waals surface area contributed by atoms with Crippen molar-refractivity contribution in [3.05, 3.63) is 60.2 Å². The highest BCUT2D eigenvalue weighted by molar-refractivity contribution is 5.39. The largest absolute Gasteiger partial charge is 0.493 e. The highest BCUT2D eigenvalue weighted by atomic mass is 16.5. The van der Waals surface area contributed by atoms with Gasteiger partial charge >= 0.3 is 0 Å². The molecule has 0 spiro atoms. The van der Waals surface area contributed by atoms with E-state index in [1.807, 2.05) is 42.5 Å². The summed E-state index contributed by atoms with van der Waals surface area (Å²) in [7, 11) is 1.65. The summed E-state index contributed by atoms with van der Waals surface area (Å²) in [5, 5.41) is 0. The van der Waals surface area contributed by atoms with Gasteiger partial charge in [-0.1, -0.05) is 42.5 Å². The van der Waals surface area contributed by atoms with Crippen LogP contribution in [0.4, 0.5) is 0 Å². The van der Waals surface area contributed by atoms with Gasteiger partial charge in [0.25, 0.3) is 0 Å². The fourth-order valence-electron chi connectivity index (χ4n) is 1.66. The Labute approximate surface area is 102 Å². The number of ether oxygens (including phenoxy) is 2. The smallest absolute Gasteiger partial charge is 0.161 e. The van der Waals surface area contributed by atoms with Crippen molar-refractivity contribution < 1.29 is 9.47 Å². The van der Waals surface area contributed by atoms with E-state index in [0.29, 0.717) is 6.61 Å². The van der Waals surface area contributed by atoms with Crippen LogP contribution in [-0.2, 0) is 6.42 Å². The van der Waals surface area contributed by atoms with Gasteiger partial charge in [-0.15, -0.1) is 0 Å². The molecule has 0 aliphatic carbocycles. The van der Waals surface area contributed by atoms with E-state index in [9.17, 15) is 0 Å². The number of hydrogen-bond donors (Lipinski definition) is 0. The summed E-state index contributed by atoms with van der Waals surface area (Å²) in [6.45, 7) is 0.657. The highest BCUT2D eigenvalue weighted by Crippen LogP contribution is 2.25. The monoisotopic (exact) mass is 228 g/mol. The summed E-state index contributed by atoms with van der Waals surface area (Å²) >= 11 is 0. The lowest BCUT2D eigenvalue weighted by Crippen LogP contribution is -2.02. The molecule has 0 saturated carbocycles. The normalized spacial score (nSPS) is 9.94. The number of rotatable bonds is 5. The van der Waals surface area contributed by atoms with Crippen LogP contribution >= 0.6 is 0 Å². The number of methoxy groups -OCH3 is 1. The molecule has 17 heavy (non-hydrogen) atoms. The summed E-state index contributed by atoms with van der Waals surface area (Å²) in [6, 6.07) is 18.0. The lowest BCUT2D eigenvalue weighted by Gasteiger charge is -2.10. The average Bonchev–Trinajstić information content (AvgIpc) is 2.40. The molecule has 2 rings (SSSR count). The second kappa shape index (κ2) is 5.94. The van der Waals surface area contributed by atoms with Gasteiger partial charge in [-0.25, -0.2) is 0 Å². The highest BCUT2D eigenvalue weighted by Gasteiger charge is 2.01. The Morgan fingerprint density at radius 3 is 2.18 bits per heavy atom. The molecule has 0 bridgehead atoms. The van der Waals surface area contributed by atoms with Crippen molar-refractivity contribution in [3.8, 4) is 11.5 Å². The van der Waals surface area contributed by atoms with Crippen LogP contribution in [0.3, 0.4) is 0 Å². The van der Waals surface area contributed by atoms with Crippen LogP contribution in [-0.4, -0.2) is 13.7 Å². The summed E-state index contributed by atoms with van der Waals surface area (Å²) in [5.74, 6) is 1.58. The molecule has 0 N–H and O–H groups in total. The lowest BCUT2D eigenvalue weighted by atomic mass is 10.2. The fourth-order valence-corrected chi connectivity index (χ4v) is 1.66. The third-order valence-corrected chi connectivity index (χ3v) is 2.56. The van der Waals surface area contributed by atoms with E-state index in [-0.39, 0.29) is 0 Å². The zero-order valence-electron chi connectivity index (χ0n) is 9.93. The maximum absolute atomic E-state index is 5.71. The molecule has 0 aromatic heterocycles. The molecular weight excluding hydrogens is 212 g/mol. The topological polar surface area (TPSA) is 18.5 Å². The van der Waals surface area contributed by atoms with Crippen molar-refractivity contribution in [1.29, 1.82) is 0 Å². The van der Waals surface area contributed by atoms with Gasteiger partial charge in [0.2, 0.25) is 0 Å². The molecule has 88 valence electrons. The first kappa shape index (κ1) is 11.5. The Hall–Kier alpha value is -1.96. The van der Waals surface area contributed by atoms with Crippen molar-refractivity contribution in [2.75, 3.05) is 13.7 Å². The Bertz CT molecular complexity index is 451. The summed E-state index contributed by atoms with van der Waals surface area (Å²) < 4.78 is 10.9. The minimum absolute atomic E-state index is 0.657. The first-order valence-corrected chi connectivity index (χ1v) is 5.70. The molecule has 2 nitrogen and oxygen atoms in total. The molecular formula is C15H16O2. The van der Waals surface area contributed by atoms with Crippen LogP contribution in [0.15, 0.2) is 54.6 Å². The van der Waals surface area contributed by atoms with Gasteiger partial charge in [-0.05, 0) is 17.7 Å². The third kappa shape index (κ3) is 3.25. The van der Waals surface area contributed by atoms with Crippen molar-refractivity contribution in [2.45, 2.75) is 6.42 Å². The Morgan fingerprint density at radius 1 is 0.824 bits per heavy atom. The fraction of sp³-hybridized carbons (Fsp3) is 0.200. The number of hydrogen-bond acceptors (Lipinski definition) is 2. The molecule has 0 aliphatic heterocycles. The molecule has 0 amide bonds. The van der Waals surface area contributed by atoms with E-state index in [2.05, 4.69) is 12.1 Å². The maximum atomic E-state index is 5.71.